The van der Waals surface area contributed by atoms with E-state index in [1.165, 1.54) is 0 Å². The minimum Gasteiger partial charge on any atom is -0.271 e. The van der Waals surface area contributed by atoms with Crippen LogP contribution in [0.25, 0.3) is 0 Å². The fourth-order valence-electron chi connectivity index (χ4n) is 1.03. The lowest BCUT2D eigenvalue weighted by Gasteiger charge is -2.05. The second-order valence-electron chi connectivity index (χ2n) is 3.10. The Kier molecular flexibility index (Phi) is 3.84. The molecule has 0 atom stereocenters. The first-order valence-corrected chi connectivity index (χ1v) is 6.53. The Morgan fingerprint density at radius 2 is 2.06 bits per heavy atom. The van der Waals surface area contributed by atoms with E-state index in [-0.39, 0.29) is 17.9 Å². The van der Waals surface area contributed by atoms with Crippen molar-refractivity contribution in [1.82, 2.24) is 9.78 Å². The summed E-state index contributed by atoms with van der Waals surface area (Å²) in [5.74, 6) is 0. The van der Waals surface area contributed by atoms with E-state index in [9.17, 15) is 21.6 Å². The number of hydrogen-bond donors (Lipinski definition) is 0. The van der Waals surface area contributed by atoms with Crippen LogP contribution in [0.1, 0.15) is 12.8 Å². The molecular formula is C7H8ClF3N2O2S. The number of rotatable bonds is 4. The first kappa shape index (κ1) is 13.3. The molecule has 1 aromatic rings. The number of aromatic nitrogens is 2. The van der Waals surface area contributed by atoms with Crippen LogP contribution in [0.5, 0.6) is 0 Å². The molecule has 1 aromatic heterocycles. The van der Waals surface area contributed by atoms with Crippen molar-refractivity contribution in [3.05, 3.63) is 12.4 Å². The van der Waals surface area contributed by atoms with Gasteiger partial charge in [-0.05, 0) is 6.42 Å². The van der Waals surface area contributed by atoms with Crippen molar-refractivity contribution in [2.75, 3.05) is 0 Å². The summed E-state index contributed by atoms with van der Waals surface area (Å²) in [6, 6.07) is 0. The molecule has 0 bridgehead atoms. The second-order valence-corrected chi connectivity index (χ2v) is 5.66. The number of aryl methyl sites for hydroxylation is 1. The first-order chi connectivity index (χ1) is 7.18. The molecule has 0 saturated heterocycles. The van der Waals surface area contributed by atoms with E-state index in [1.807, 2.05) is 0 Å². The maximum absolute atomic E-state index is 11.8. The highest BCUT2D eigenvalue weighted by Crippen LogP contribution is 2.21. The van der Waals surface area contributed by atoms with Gasteiger partial charge in [-0.15, -0.1) is 0 Å². The summed E-state index contributed by atoms with van der Waals surface area (Å²) >= 11 is 0. The molecule has 0 fully saturated rings. The van der Waals surface area contributed by atoms with E-state index in [1.54, 1.807) is 0 Å². The molecule has 0 saturated carbocycles. The highest BCUT2D eigenvalue weighted by molar-refractivity contribution is 8.13. The molecule has 9 heteroatoms. The summed E-state index contributed by atoms with van der Waals surface area (Å²) in [5, 5.41) is 3.59. The van der Waals surface area contributed by atoms with Crippen molar-refractivity contribution in [3.63, 3.8) is 0 Å². The summed E-state index contributed by atoms with van der Waals surface area (Å²) in [6.07, 6.45) is -3.22. The number of hydrogen-bond acceptors (Lipinski definition) is 3. The van der Waals surface area contributed by atoms with Gasteiger partial charge in [-0.1, -0.05) is 0 Å². The topological polar surface area (TPSA) is 52.0 Å². The third kappa shape index (κ3) is 4.40. The van der Waals surface area contributed by atoms with Gasteiger partial charge in [0.1, 0.15) is 4.90 Å². The Hall–Kier alpha value is -0.760. The SMILES string of the molecule is O=S(=O)(Cl)c1cnn(CCCC(F)(F)F)c1. The van der Waals surface area contributed by atoms with Gasteiger partial charge in [0.05, 0.1) is 6.20 Å². The maximum atomic E-state index is 11.8. The second kappa shape index (κ2) is 4.62. The fourth-order valence-corrected chi connectivity index (χ4v) is 1.69. The molecule has 16 heavy (non-hydrogen) atoms. The van der Waals surface area contributed by atoms with Crippen LogP contribution in [0.15, 0.2) is 17.3 Å². The van der Waals surface area contributed by atoms with Crippen LogP contribution < -0.4 is 0 Å². The van der Waals surface area contributed by atoms with Gasteiger partial charge in [0, 0.05) is 29.8 Å². The molecular weight excluding hydrogens is 269 g/mol. The quantitative estimate of drug-likeness (QED) is 0.792. The number of alkyl halides is 3. The third-order valence-corrected chi connectivity index (χ3v) is 3.05. The lowest BCUT2D eigenvalue weighted by atomic mass is 10.3. The Morgan fingerprint density at radius 3 is 2.50 bits per heavy atom. The monoisotopic (exact) mass is 276 g/mol. The minimum absolute atomic E-state index is 0.00802. The van der Waals surface area contributed by atoms with Gasteiger partial charge < -0.3 is 0 Å². The van der Waals surface area contributed by atoms with Gasteiger partial charge in [-0.25, -0.2) is 8.42 Å². The Labute approximate surface area is 94.4 Å². The molecule has 0 aliphatic heterocycles. The summed E-state index contributed by atoms with van der Waals surface area (Å²) in [5.41, 5.74) is 0. The van der Waals surface area contributed by atoms with Crippen molar-refractivity contribution in [2.24, 2.45) is 0 Å². The largest absolute Gasteiger partial charge is 0.389 e. The average molecular weight is 277 g/mol. The molecule has 0 aliphatic carbocycles. The van der Waals surface area contributed by atoms with E-state index < -0.39 is 21.6 Å². The molecule has 0 aromatic carbocycles. The van der Waals surface area contributed by atoms with Crippen molar-refractivity contribution in [1.29, 1.82) is 0 Å². The van der Waals surface area contributed by atoms with Crippen LogP contribution >= 0.6 is 10.7 Å². The predicted molar refractivity (Wildman–Crippen MR) is 50.6 cm³/mol. The zero-order valence-corrected chi connectivity index (χ0v) is 9.48. The van der Waals surface area contributed by atoms with E-state index in [2.05, 4.69) is 5.10 Å². The van der Waals surface area contributed by atoms with E-state index in [0.717, 1.165) is 17.1 Å². The van der Waals surface area contributed by atoms with Gasteiger partial charge in [0.15, 0.2) is 0 Å². The molecule has 92 valence electrons. The summed E-state index contributed by atoms with van der Waals surface area (Å²) in [6.45, 7) is -0.00802. The van der Waals surface area contributed by atoms with Crippen LogP contribution in [0, 0.1) is 0 Å². The lowest BCUT2D eigenvalue weighted by molar-refractivity contribution is -0.136. The molecule has 0 amide bonds. The Balaban J connectivity index is 2.54. The van der Waals surface area contributed by atoms with Crippen LogP contribution in [-0.4, -0.2) is 24.4 Å². The molecule has 1 rings (SSSR count). The standard InChI is InChI=1S/C7H8ClF3N2O2S/c8-16(14,15)6-4-12-13(5-6)3-1-2-7(9,10)11/h4-5H,1-3H2. The number of nitrogens with zero attached hydrogens (tertiary/aromatic N) is 2. The van der Waals surface area contributed by atoms with Gasteiger partial charge in [0.25, 0.3) is 9.05 Å². The molecule has 4 nitrogen and oxygen atoms in total. The Bertz CT molecular complexity index is 454. The van der Waals surface area contributed by atoms with Gasteiger partial charge in [-0.2, -0.15) is 18.3 Å². The summed E-state index contributed by atoms with van der Waals surface area (Å²) < 4.78 is 58.2. The fraction of sp³-hybridized carbons (Fsp3) is 0.571. The van der Waals surface area contributed by atoms with Gasteiger partial charge in [0.2, 0.25) is 0 Å². The van der Waals surface area contributed by atoms with E-state index >= 15 is 0 Å². The number of halogens is 4. The molecule has 1 heterocycles. The zero-order chi connectivity index (χ0) is 12.4. The first-order valence-electron chi connectivity index (χ1n) is 4.22. The van der Waals surface area contributed by atoms with Crippen LogP contribution in [-0.2, 0) is 15.6 Å². The summed E-state index contributed by atoms with van der Waals surface area (Å²) in [7, 11) is 1.15. The summed E-state index contributed by atoms with van der Waals surface area (Å²) in [4.78, 5) is -0.221. The zero-order valence-electron chi connectivity index (χ0n) is 7.91. The van der Waals surface area contributed by atoms with E-state index in [4.69, 9.17) is 10.7 Å². The van der Waals surface area contributed by atoms with E-state index in [0.29, 0.717) is 0 Å². The van der Waals surface area contributed by atoms with Crippen molar-refractivity contribution >= 4 is 19.7 Å². The highest BCUT2D eigenvalue weighted by Gasteiger charge is 2.26. The van der Waals surface area contributed by atoms with Gasteiger partial charge >= 0.3 is 6.18 Å². The third-order valence-electron chi connectivity index (χ3n) is 1.74. The lowest BCUT2D eigenvalue weighted by Crippen LogP contribution is -2.09. The average Bonchev–Trinajstić information content (AvgIpc) is 2.49. The highest BCUT2D eigenvalue weighted by atomic mass is 35.7. The van der Waals surface area contributed by atoms with Crippen LogP contribution in [0.4, 0.5) is 13.2 Å². The van der Waals surface area contributed by atoms with Crippen LogP contribution in [0.3, 0.4) is 0 Å². The van der Waals surface area contributed by atoms with Crippen molar-refractivity contribution < 1.29 is 21.6 Å². The van der Waals surface area contributed by atoms with Crippen molar-refractivity contribution in [3.8, 4) is 0 Å². The molecule has 0 radical (unpaired) electrons. The van der Waals surface area contributed by atoms with Crippen LogP contribution in [0.2, 0.25) is 0 Å². The molecule has 0 spiro atoms. The molecule has 0 aliphatic rings. The maximum Gasteiger partial charge on any atom is 0.389 e. The minimum atomic E-state index is -4.21. The smallest absolute Gasteiger partial charge is 0.271 e. The van der Waals surface area contributed by atoms with Gasteiger partial charge in [-0.3, -0.25) is 4.68 Å². The normalized spacial score (nSPS) is 13.0. The molecule has 0 N–H and O–H groups in total. The Morgan fingerprint density at radius 1 is 1.44 bits per heavy atom. The molecule has 0 unspecified atom stereocenters. The predicted octanol–water partition coefficient (Wildman–Crippen LogP) is 2.15. The van der Waals surface area contributed by atoms with Crippen molar-refractivity contribution in [2.45, 2.75) is 30.5 Å².